The largest absolute Gasteiger partial charge is 0.354 e. The maximum atomic E-state index is 4.56. The third-order valence-electron chi connectivity index (χ3n) is 3.06. The van der Waals surface area contributed by atoms with Crippen LogP contribution in [0.4, 0.5) is 5.95 Å². The number of rotatable bonds is 4. The molecule has 20 heavy (non-hydrogen) atoms. The van der Waals surface area contributed by atoms with Crippen molar-refractivity contribution in [3.8, 4) is 0 Å². The van der Waals surface area contributed by atoms with Gasteiger partial charge in [-0.05, 0) is 32.0 Å². The Balaban J connectivity index is 1.64. The molecule has 0 aliphatic heterocycles. The average Bonchev–Trinajstić information content (AvgIpc) is 2.80. The Labute approximate surface area is 117 Å². The Morgan fingerprint density at radius 3 is 2.65 bits per heavy atom. The topological polar surface area (TPSA) is 55.1 Å². The highest BCUT2D eigenvalue weighted by molar-refractivity contribution is 5.39. The summed E-state index contributed by atoms with van der Waals surface area (Å²) >= 11 is 0. The van der Waals surface area contributed by atoms with Crippen LogP contribution in [0.2, 0.25) is 0 Å². The Kier molecular flexibility index (Phi) is 3.33. The van der Waals surface area contributed by atoms with Crippen LogP contribution in [0.25, 0.3) is 5.65 Å². The fraction of sp³-hybridized carbons (Fsp3) is 0.267. The Morgan fingerprint density at radius 2 is 1.90 bits per heavy atom. The van der Waals surface area contributed by atoms with Gasteiger partial charge in [0.1, 0.15) is 5.65 Å². The number of nitrogens with zero attached hydrogens (tertiary/aromatic N) is 4. The van der Waals surface area contributed by atoms with Gasteiger partial charge in [0.15, 0.2) is 0 Å². The number of imidazole rings is 1. The van der Waals surface area contributed by atoms with E-state index in [9.17, 15) is 0 Å². The highest BCUT2D eigenvalue weighted by atomic mass is 15.1. The van der Waals surface area contributed by atoms with Gasteiger partial charge >= 0.3 is 0 Å². The van der Waals surface area contributed by atoms with Crippen molar-refractivity contribution in [3.63, 3.8) is 0 Å². The van der Waals surface area contributed by atoms with E-state index in [1.807, 2.05) is 48.7 Å². The van der Waals surface area contributed by atoms with Gasteiger partial charge < -0.3 is 9.72 Å². The van der Waals surface area contributed by atoms with Gasteiger partial charge in [-0.15, -0.1) is 0 Å². The van der Waals surface area contributed by atoms with Gasteiger partial charge in [-0.2, -0.15) is 0 Å². The lowest BCUT2D eigenvalue weighted by molar-refractivity contribution is 0.941. The first-order valence-corrected chi connectivity index (χ1v) is 6.69. The summed E-state index contributed by atoms with van der Waals surface area (Å²) in [5.74, 6) is 0.686. The highest BCUT2D eigenvalue weighted by Crippen LogP contribution is 2.06. The van der Waals surface area contributed by atoms with Gasteiger partial charge in [-0.1, -0.05) is 6.07 Å². The fourth-order valence-electron chi connectivity index (χ4n) is 2.22. The number of fused-ring (bicyclic) bond motifs is 1. The number of aryl methyl sites for hydroxylation is 2. The Morgan fingerprint density at radius 1 is 1.10 bits per heavy atom. The minimum atomic E-state index is 0.686. The second kappa shape index (κ2) is 5.28. The zero-order valence-corrected chi connectivity index (χ0v) is 11.7. The molecule has 102 valence electrons. The van der Waals surface area contributed by atoms with E-state index in [2.05, 4.69) is 26.5 Å². The van der Waals surface area contributed by atoms with Gasteiger partial charge in [0.2, 0.25) is 5.95 Å². The lowest BCUT2D eigenvalue weighted by Gasteiger charge is -2.05. The first-order chi connectivity index (χ1) is 9.70. The lowest BCUT2D eigenvalue weighted by atomic mass is 10.3. The van der Waals surface area contributed by atoms with Crippen LogP contribution >= 0.6 is 0 Å². The Bertz CT molecular complexity index is 679. The molecule has 0 unspecified atom stereocenters. The zero-order valence-electron chi connectivity index (χ0n) is 11.7. The van der Waals surface area contributed by atoms with Crippen LogP contribution in [-0.2, 0) is 6.42 Å². The minimum Gasteiger partial charge on any atom is -0.354 e. The van der Waals surface area contributed by atoms with Crippen molar-refractivity contribution in [2.75, 3.05) is 11.9 Å². The van der Waals surface area contributed by atoms with E-state index >= 15 is 0 Å². The van der Waals surface area contributed by atoms with Crippen molar-refractivity contribution in [1.82, 2.24) is 19.4 Å². The molecule has 0 radical (unpaired) electrons. The summed E-state index contributed by atoms with van der Waals surface area (Å²) in [4.78, 5) is 13.3. The number of nitrogens with one attached hydrogen (secondary N) is 1. The molecular formula is C15H17N5. The minimum absolute atomic E-state index is 0.686. The number of hydrogen-bond acceptors (Lipinski definition) is 4. The molecule has 0 aromatic carbocycles. The van der Waals surface area contributed by atoms with Gasteiger partial charge in [-0.3, -0.25) is 0 Å². The first kappa shape index (κ1) is 12.6. The molecule has 3 heterocycles. The molecule has 5 heteroatoms. The van der Waals surface area contributed by atoms with Crippen LogP contribution in [-0.4, -0.2) is 25.9 Å². The first-order valence-electron chi connectivity index (χ1n) is 6.69. The smallest absolute Gasteiger partial charge is 0.223 e. The molecule has 3 aromatic rings. The van der Waals surface area contributed by atoms with Crippen molar-refractivity contribution in [3.05, 3.63) is 53.7 Å². The van der Waals surface area contributed by atoms with E-state index in [4.69, 9.17) is 0 Å². The molecule has 0 spiro atoms. The molecule has 0 aliphatic rings. The summed E-state index contributed by atoms with van der Waals surface area (Å²) < 4.78 is 2.03. The van der Waals surface area contributed by atoms with Gasteiger partial charge in [0, 0.05) is 36.7 Å². The summed E-state index contributed by atoms with van der Waals surface area (Å²) in [6.07, 6.45) is 4.91. The second-order valence-corrected chi connectivity index (χ2v) is 4.85. The molecule has 1 N–H and O–H groups in total. The molecule has 0 bridgehead atoms. The number of hydrogen-bond donors (Lipinski definition) is 1. The summed E-state index contributed by atoms with van der Waals surface area (Å²) in [6.45, 7) is 4.72. The number of anilines is 1. The summed E-state index contributed by atoms with van der Waals surface area (Å²) in [5, 5.41) is 3.25. The zero-order chi connectivity index (χ0) is 13.9. The van der Waals surface area contributed by atoms with E-state index in [0.29, 0.717) is 5.95 Å². The van der Waals surface area contributed by atoms with Crippen LogP contribution < -0.4 is 5.32 Å². The standard InChI is InChI=1S/C15H17N5/c1-11-9-12(2)18-15(17-11)16-7-6-13-10-20-8-4-3-5-14(20)19-13/h3-5,8-10H,6-7H2,1-2H3,(H,16,17,18). The molecule has 0 fully saturated rings. The molecule has 3 aromatic heterocycles. The predicted octanol–water partition coefficient (Wildman–Crippen LogP) is 2.40. The summed E-state index contributed by atoms with van der Waals surface area (Å²) in [5.41, 5.74) is 4.00. The van der Waals surface area contributed by atoms with Crippen molar-refractivity contribution >= 4 is 11.6 Å². The number of pyridine rings is 1. The maximum Gasteiger partial charge on any atom is 0.223 e. The third-order valence-corrected chi connectivity index (χ3v) is 3.06. The van der Waals surface area contributed by atoms with E-state index in [1.54, 1.807) is 0 Å². The number of aromatic nitrogens is 4. The molecule has 0 saturated heterocycles. The molecule has 3 rings (SSSR count). The summed E-state index contributed by atoms with van der Waals surface area (Å²) in [7, 11) is 0. The third kappa shape index (κ3) is 2.77. The monoisotopic (exact) mass is 267 g/mol. The molecule has 0 saturated carbocycles. The quantitative estimate of drug-likeness (QED) is 0.788. The van der Waals surface area contributed by atoms with Crippen LogP contribution in [0.5, 0.6) is 0 Å². The fourth-order valence-corrected chi connectivity index (χ4v) is 2.22. The van der Waals surface area contributed by atoms with Crippen molar-refractivity contribution in [2.24, 2.45) is 0 Å². The predicted molar refractivity (Wildman–Crippen MR) is 78.9 cm³/mol. The molecule has 0 amide bonds. The van der Waals surface area contributed by atoms with Gasteiger partial charge in [0.25, 0.3) is 0 Å². The molecule has 5 nitrogen and oxygen atoms in total. The van der Waals surface area contributed by atoms with E-state index in [0.717, 1.165) is 35.7 Å². The molecule has 0 aliphatic carbocycles. The van der Waals surface area contributed by atoms with Crippen molar-refractivity contribution < 1.29 is 0 Å². The lowest BCUT2D eigenvalue weighted by Crippen LogP contribution is -2.09. The van der Waals surface area contributed by atoms with Crippen molar-refractivity contribution in [1.29, 1.82) is 0 Å². The van der Waals surface area contributed by atoms with Crippen LogP contribution in [0, 0.1) is 13.8 Å². The average molecular weight is 267 g/mol. The van der Waals surface area contributed by atoms with E-state index in [-0.39, 0.29) is 0 Å². The maximum absolute atomic E-state index is 4.56. The second-order valence-electron chi connectivity index (χ2n) is 4.85. The molecular weight excluding hydrogens is 250 g/mol. The van der Waals surface area contributed by atoms with Gasteiger partial charge in [0.05, 0.1) is 5.69 Å². The normalized spacial score (nSPS) is 10.9. The Hall–Kier alpha value is -2.43. The molecule has 0 atom stereocenters. The summed E-state index contributed by atoms with van der Waals surface area (Å²) in [6, 6.07) is 7.96. The van der Waals surface area contributed by atoms with E-state index in [1.165, 1.54) is 0 Å². The van der Waals surface area contributed by atoms with Crippen LogP contribution in [0.1, 0.15) is 17.1 Å². The van der Waals surface area contributed by atoms with Crippen molar-refractivity contribution in [2.45, 2.75) is 20.3 Å². The van der Waals surface area contributed by atoms with Gasteiger partial charge in [-0.25, -0.2) is 15.0 Å². The van der Waals surface area contributed by atoms with Crippen LogP contribution in [0.15, 0.2) is 36.7 Å². The SMILES string of the molecule is Cc1cc(C)nc(NCCc2cn3ccccc3n2)n1. The van der Waals surface area contributed by atoms with E-state index < -0.39 is 0 Å². The van der Waals surface area contributed by atoms with Crippen LogP contribution in [0.3, 0.4) is 0 Å². The highest BCUT2D eigenvalue weighted by Gasteiger charge is 2.02.